The number of amides is 1. The van der Waals surface area contributed by atoms with Gasteiger partial charge in [-0.3, -0.25) is 4.79 Å². The van der Waals surface area contributed by atoms with Crippen LogP contribution in [0.4, 0.5) is 0 Å². The molecule has 23 heavy (non-hydrogen) atoms. The predicted octanol–water partition coefficient (Wildman–Crippen LogP) is -1.00. The molecule has 1 amide bonds. The summed E-state index contributed by atoms with van der Waals surface area (Å²) in [6.07, 6.45) is 5.16. The van der Waals surface area contributed by atoms with E-state index in [2.05, 4.69) is 5.32 Å². The molecular weight excluding hydrogens is 305 g/mol. The van der Waals surface area contributed by atoms with Crippen molar-refractivity contribution in [2.45, 2.75) is 57.9 Å². The van der Waals surface area contributed by atoms with Gasteiger partial charge in [-0.2, -0.15) is 0 Å². The van der Waals surface area contributed by atoms with Crippen molar-refractivity contribution in [1.82, 2.24) is 5.32 Å². The number of phenolic OH excluding ortho intramolecular Hbond substituents is 1. The summed E-state index contributed by atoms with van der Waals surface area (Å²) in [6, 6.07) is 6.54. The number of nitrogens with one attached hydrogen (secondary N) is 1. The number of carbonyl (C=O) groups is 2. The molecule has 122 valence electrons. The average Bonchev–Trinajstić information content (AvgIpc) is 2.49. The number of carboxylic acid groups (broad SMARTS) is 1. The second kappa shape index (κ2) is 12.4. The van der Waals surface area contributed by atoms with E-state index in [0.717, 1.165) is 32.1 Å². The number of para-hydroxylation sites is 1. The molecule has 0 aliphatic rings. The Kier molecular flexibility index (Phi) is 11.8. The van der Waals surface area contributed by atoms with Gasteiger partial charge < -0.3 is 20.3 Å². The van der Waals surface area contributed by atoms with E-state index >= 15 is 0 Å². The van der Waals surface area contributed by atoms with Crippen molar-refractivity contribution in [3.63, 3.8) is 0 Å². The zero-order valence-electron chi connectivity index (χ0n) is 14.0. The molecule has 1 atom stereocenters. The van der Waals surface area contributed by atoms with Crippen molar-refractivity contribution in [3.05, 3.63) is 29.8 Å². The number of phenols is 1. The van der Waals surface area contributed by atoms with Crippen LogP contribution in [0.5, 0.6) is 5.75 Å². The predicted molar refractivity (Wildman–Crippen MR) is 82.4 cm³/mol. The van der Waals surface area contributed by atoms with E-state index in [4.69, 9.17) is 0 Å². The maximum atomic E-state index is 12.1. The van der Waals surface area contributed by atoms with Crippen LogP contribution in [-0.2, 0) is 4.79 Å². The number of rotatable bonds is 10. The van der Waals surface area contributed by atoms with E-state index in [1.807, 2.05) is 6.92 Å². The van der Waals surface area contributed by atoms with Gasteiger partial charge in [0, 0.05) is 12.0 Å². The third-order valence-corrected chi connectivity index (χ3v) is 3.66. The molecule has 0 bridgehead atoms. The zero-order chi connectivity index (χ0) is 16.4. The summed E-state index contributed by atoms with van der Waals surface area (Å²) in [5.41, 5.74) is 0.287. The van der Waals surface area contributed by atoms with Gasteiger partial charge in [0.25, 0.3) is 5.91 Å². The van der Waals surface area contributed by atoms with Crippen molar-refractivity contribution in [3.8, 4) is 5.75 Å². The van der Waals surface area contributed by atoms with Crippen LogP contribution < -0.4 is 40.0 Å². The number of aliphatic carboxylic acids is 1. The van der Waals surface area contributed by atoms with Gasteiger partial charge in [0.15, 0.2) is 0 Å². The van der Waals surface area contributed by atoms with E-state index in [1.165, 1.54) is 6.07 Å². The van der Waals surface area contributed by atoms with Gasteiger partial charge in [-0.15, -0.1) is 0 Å². The van der Waals surface area contributed by atoms with Crippen LogP contribution in [0.15, 0.2) is 24.3 Å². The van der Waals surface area contributed by atoms with E-state index in [1.54, 1.807) is 18.2 Å². The van der Waals surface area contributed by atoms with Gasteiger partial charge in [-0.05, 0) is 37.8 Å². The number of carbonyl (C=O) groups excluding carboxylic acids is 2. The Hall–Kier alpha value is -1.04. The molecule has 0 radical (unpaired) electrons. The van der Waals surface area contributed by atoms with Crippen molar-refractivity contribution in [1.29, 1.82) is 0 Å². The molecule has 0 aliphatic heterocycles. The maximum absolute atomic E-state index is 12.1. The minimum absolute atomic E-state index is 0. The Morgan fingerprint density at radius 1 is 1.17 bits per heavy atom. The minimum Gasteiger partial charge on any atom is -0.550 e. The van der Waals surface area contributed by atoms with Gasteiger partial charge in [-0.1, -0.05) is 38.3 Å². The first kappa shape index (κ1) is 22.0. The normalized spacial score (nSPS) is 11.3. The number of hydrogen-bond acceptors (Lipinski definition) is 4. The first-order chi connectivity index (χ1) is 10.5. The first-order valence-corrected chi connectivity index (χ1v) is 7.83. The van der Waals surface area contributed by atoms with Gasteiger partial charge in [0.2, 0.25) is 0 Å². The fourth-order valence-corrected chi connectivity index (χ4v) is 2.32. The molecule has 0 aliphatic carbocycles. The number of aromatic hydroxyl groups is 1. The van der Waals surface area contributed by atoms with Crippen LogP contribution >= 0.6 is 0 Å². The molecule has 1 aromatic rings. The van der Waals surface area contributed by atoms with Gasteiger partial charge >= 0.3 is 29.6 Å². The third kappa shape index (κ3) is 8.98. The Morgan fingerprint density at radius 2 is 1.83 bits per heavy atom. The topological polar surface area (TPSA) is 89.5 Å². The van der Waals surface area contributed by atoms with Gasteiger partial charge in [0.05, 0.1) is 5.56 Å². The van der Waals surface area contributed by atoms with Crippen molar-refractivity contribution < 1.29 is 49.4 Å². The third-order valence-electron chi connectivity index (χ3n) is 3.66. The molecular formula is C17H24NNaO4. The molecule has 0 saturated carbocycles. The van der Waals surface area contributed by atoms with Crippen LogP contribution in [0.1, 0.15) is 62.2 Å². The molecule has 0 saturated heterocycles. The van der Waals surface area contributed by atoms with Crippen LogP contribution in [-0.4, -0.2) is 23.0 Å². The Bertz CT molecular complexity index is 493. The SMILES string of the molecule is CCC(CCCCCCC(=O)[O-])NC(=O)c1ccccc1O.[Na+]. The van der Waals surface area contributed by atoms with Crippen molar-refractivity contribution >= 4 is 11.9 Å². The fourth-order valence-electron chi connectivity index (χ4n) is 2.32. The molecule has 2 N–H and O–H groups in total. The number of carboxylic acids is 1. The van der Waals surface area contributed by atoms with E-state index in [-0.39, 0.29) is 59.2 Å². The van der Waals surface area contributed by atoms with Gasteiger partial charge in [-0.25, -0.2) is 0 Å². The maximum Gasteiger partial charge on any atom is 1.00 e. The monoisotopic (exact) mass is 329 g/mol. The molecule has 1 unspecified atom stereocenters. The van der Waals surface area contributed by atoms with Crippen LogP contribution in [0.3, 0.4) is 0 Å². The summed E-state index contributed by atoms with van der Waals surface area (Å²) in [5, 5.41) is 22.9. The smallest absolute Gasteiger partial charge is 0.550 e. The summed E-state index contributed by atoms with van der Waals surface area (Å²) < 4.78 is 0. The number of unbranched alkanes of at least 4 members (excludes halogenated alkanes) is 3. The van der Waals surface area contributed by atoms with Crippen LogP contribution in [0, 0.1) is 0 Å². The fraction of sp³-hybridized carbons (Fsp3) is 0.529. The molecule has 0 spiro atoms. The zero-order valence-corrected chi connectivity index (χ0v) is 16.0. The second-order valence-electron chi connectivity index (χ2n) is 5.42. The first-order valence-electron chi connectivity index (χ1n) is 7.83. The summed E-state index contributed by atoms with van der Waals surface area (Å²) >= 11 is 0. The van der Waals surface area contributed by atoms with E-state index in [9.17, 15) is 19.8 Å². The Labute approximate surface area is 159 Å². The molecule has 0 fully saturated rings. The minimum atomic E-state index is -0.999. The summed E-state index contributed by atoms with van der Waals surface area (Å²) in [6.45, 7) is 2.01. The largest absolute Gasteiger partial charge is 1.00 e. The summed E-state index contributed by atoms with van der Waals surface area (Å²) in [7, 11) is 0. The quantitative estimate of drug-likeness (QED) is 0.425. The standard InChI is InChI=1S/C17H25NO4.Na/c1-2-13(9-5-3-4-6-12-16(20)21)18-17(22)14-10-7-8-11-15(14)19;/h7-8,10-11,13,19H,2-6,9,12H2,1H3,(H,18,22)(H,20,21);/q;+1/p-1. The molecule has 5 nitrogen and oxygen atoms in total. The molecule has 1 aromatic carbocycles. The van der Waals surface area contributed by atoms with Crippen LogP contribution in [0.2, 0.25) is 0 Å². The Morgan fingerprint density at radius 3 is 2.43 bits per heavy atom. The summed E-state index contributed by atoms with van der Waals surface area (Å²) in [5.74, 6) is -1.28. The van der Waals surface area contributed by atoms with Crippen molar-refractivity contribution in [2.75, 3.05) is 0 Å². The van der Waals surface area contributed by atoms with E-state index in [0.29, 0.717) is 6.42 Å². The summed E-state index contributed by atoms with van der Waals surface area (Å²) in [4.78, 5) is 22.4. The number of hydrogen-bond donors (Lipinski definition) is 2. The Balaban J connectivity index is 0.00000484. The molecule has 0 aromatic heterocycles. The van der Waals surface area contributed by atoms with Gasteiger partial charge in [0.1, 0.15) is 5.75 Å². The number of benzene rings is 1. The van der Waals surface area contributed by atoms with E-state index < -0.39 is 5.97 Å². The molecule has 1 rings (SSSR count). The molecule has 0 heterocycles. The second-order valence-corrected chi connectivity index (χ2v) is 5.42. The van der Waals surface area contributed by atoms with Crippen molar-refractivity contribution in [2.24, 2.45) is 0 Å². The average molecular weight is 329 g/mol. The molecule has 6 heteroatoms. The van der Waals surface area contributed by atoms with Crippen LogP contribution in [0.25, 0.3) is 0 Å².